The van der Waals surface area contributed by atoms with Gasteiger partial charge in [-0.1, -0.05) is 53.8 Å². The van der Waals surface area contributed by atoms with E-state index in [-0.39, 0.29) is 22.2 Å². The van der Waals surface area contributed by atoms with Crippen molar-refractivity contribution in [3.05, 3.63) is 99.6 Å². The van der Waals surface area contributed by atoms with Gasteiger partial charge in [0.05, 0.1) is 33.9 Å². The summed E-state index contributed by atoms with van der Waals surface area (Å²) in [4.78, 5) is 43.1. The number of hydrogen-bond acceptors (Lipinski definition) is 8. The van der Waals surface area contributed by atoms with E-state index in [1.807, 2.05) is 0 Å². The third kappa shape index (κ3) is 3.79. The highest BCUT2D eigenvalue weighted by atomic mass is 32.1. The molecule has 35 heavy (non-hydrogen) atoms. The third-order valence-corrected chi connectivity index (χ3v) is 6.70. The van der Waals surface area contributed by atoms with Crippen molar-refractivity contribution in [1.82, 2.24) is 4.98 Å². The van der Waals surface area contributed by atoms with Gasteiger partial charge in [0, 0.05) is 17.7 Å². The lowest BCUT2D eigenvalue weighted by atomic mass is 9.95. The molecule has 1 aliphatic heterocycles. The molecule has 0 unspecified atom stereocenters. The van der Waals surface area contributed by atoms with E-state index in [9.17, 15) is 24.8 Å². The van der Waals surface area contributed by atoms with E-state index in [4.69, 9.17) is 4.74 Å². The number of ketones is 1. The van der Waals surface area contributed by atoms with E-state index in [2.05, 4.69) is 4.98 Å². The molecule has 3 aromatic carbocycles. The third-order valence-electron chi connectivity index (χ3n) is 5.68. The monoisotopic (exact) mass is 487 g/mol. The maximum Gasteiger partial charge on any atom is 0.301 e. The largest absolute Gasteiger partial charge is 0.507 e. The van der Waals surface area contributed by atoms with E-state index in [1.54, 1.807) is 54.6 Å². The SMILES string of the molecule is COc1ccc2nc(N3C(=O)C(=O)C(=C(O)c4ccccc4)[C@@H]3c3cccc([N+](=O)[O-])c3)sc2c1. The Hall–Kier alpha value is -4.57. The fourth-order valence-corrected chi connectivity index (χ4v) is 5.05. The van der Waals surface area contributed by atoms with Crippen LogP contribution in [0.5, 0.6) is 5.75 Å². The van der Waals surface area contributed by atoms with Crippen molar-refractivity contribution in [3.8, 4) is 5.75 Å². The minimum atomic E-state index is -1.11. The lowest BCUT2D eigenvalue weighted by Gasteiger charge is -2.22. The standard InChI is InChI=1S/C25H17N3O6S/c1-34-17-10-11-18-19(13-17)35-25(26-18)27-21(15-8-5-9-16(12-15)28(32)33)20(23(30)24(27)31)22(29)14-6-3-2-4-7-14/h2-13,21,29H,1H3/t21-/m0/s1. The van der Waals surface area contributed by atoms with Gasteiger partial charge in [-0.25, -0.2) is 4.98 Å². The van der Waals surface area contributed by atoms with Crippen LogP contribution in [-0.2, 0) is 9.59 Å². The first-order chi connectivity index (χ1) is 16.9. The molecule has 1 aliphatic rings. The number of ether oxygens (including phenoxy) is 1. The van der Waals surface area contributed by atoms with Gasteiger partial charge >= 0.3 is 5.91 Å². The van der Waals surface area contributed by atoms with Crippen LogP contribution in [0.2, 0.25) is 0 Å². The van der Waals surface area contributed by atoms with E-state index < -0.39 is 22.7 Å². The number of anilines is 1. The number of fused-ring (bicyclic) bond motifs is 1. The van der Waals surface area contributed by atoms with Crippen molar-refractivity contribution in [2.75, 3.05) is 12.0 Å². The highest BCUT2D eigenvalue weighted by Crippen LogP contribution is 2.45. The molecule has 0 saturated carbocycles. The van der Waals surface area contributed by atoms with E-state index >= 15 is 0 Å². The van der Waals surface area contributed by atoms with Crippen LogP contribution in [0, 0.1) is 10.1 Å². The number of amides is 1. The number of carbonyl (C=O) groups excluding carboxylic acids is 2. The number of nitro groups is 1. The molecule has 0 radical (unpaired) electrons. The molecule has 2 heterocycles. The van der Waals surface area contributed by atoms with Crippen molar-refractivity contribution in [3.63, 3.8) is 0 Å². The summed E-state index contributed by atoms with van der Waals surface area (Å²) in [6, 6.07) is 18.1. The molecule has 1 amide bonds. The minimum absolute atomic E-state index is 0.168. The predicted octanol–water partition coefficient (Wildman–Crippen LogP) is 4.84. The van der Waals surface area contributed by atoms with Crippen LogP contribution in [0.3, 0.4) is 0 Å². The highest BCUT2D eigenvalue weighted by Gasteiger charge is 2.48. The number of carbonyl (C=O) groups is 2. The number of nitrogens with zero attached hydrogens (tertiary/aromatic N) is 3. The average molecular weight is 487 g/mol. The lowest BCUT2D eigenvalue weighted by molar-refractivity contribution is -0.384. The smallest absolute Gasteiger partial charge is 0.301 e. The molecule has 10 heteroatoms. The zero-order valence-corrected chi connectivity index (χ0v) is 19.1. The second kappa shape index (κ2) is 8.65. The van der Waals surface area contributed by atoms with E-state index in [1.165, 1.54) is 41.5 Å². The number of aromatic nitrogens is 1. The van der Waals surface area contributed by atoms with Gasteiger partial charge in [0.15, 0.2) is 5.13 Å². The van der Waals surface area contributed by atoms with Gasteiger partial charge in [0.2, 0.25) is 0 Å². The molecule has 5 rings (SSSR count). The van der Waals surface area contributed by atoms with Gasteiger partial charge in [-0.15, -0.1) is 0 Å². The molecular weight excluding hydrogens is 470 g/mol. The molecule has 9 nitrogen and oxygen atoms in total. The predicted molar refractivity (Wildman–Crippen MR) is 130 cm³/mol. The molecular formula is C25H17N3O6S. The van der Waals surface area contributed by atoms with Crippen molar-refractivity contribution in [1.29, 1.82) is 0 Å². The molecule has 1 saturated heterocycles. The summed E-state index contributed by atoms with van der Waals surface area (Å²) in [5.74, 6) is -1.55. The molecule has 0 bridgehead atoms. The maximum atomic E-state index is 13.3. The fraction of sp³-hybridized carbons (Fsp3) is 0.0800. The van der Waals surface area contributed by atoms with Crippen molar-refractivity contribution in [2.24, 2.45) is 0 Å². The summed E-state index contributed by atoms with van der Waals surface area (Å²) in [5.41, 5.74) is 0.858. The Morgan fingerprint density at radius 1 is 1.09 bits per heavy atom. The summed E-state index contributed by atoms with van der Waals surface area (Å²) in [7, 11) is 1.54. The fourth-order valence-electron chi connectivity index (χ4n) is 4.03. The highest BCUT2D eigenvalue weighted by molar-refractivity contribution is 7.22. The molecule has 0 spiro atoms. The Morgan fingerprint density at radius 2 is 1.86 bits per heavy atom. The van der Waals surface area contributed by atoms with Crippen LogP contribution in [0.4, 0.5) is 10.8 Å². The van der Waals surface area contributed by atoms with Gasteiger partial charge in [0.1, 0.15) is 11.5 Å². The number of hydrogen-bond donors (Lipinski definition) is 1. The number of non-ortho nitro benzene ring substituents is 1. The first-order valence-corrected chi connectivity index (χ1v) is 11.3. The van der Waals surface area contributed by atoms with Crippen LogP contribution in [0.25, 0.3) is 16.0 Å². The maximum absolute atomic E-state index is 13.3. The lowest BCUT2D eigenvalue weighted by Crippen LogP contribution is -2.29. The number of aliphatic hydroxyl groups excluding tert-OH is 1. The number of nitro benzene ring substituents is 1. The summed E-state index contributed by atoms with van der Waals surface area (Å²) in [6.45, 7) is 0. The van der Waals surface area contributed by atoms with Gasteiger partial charge in [-0.05, 0) is 23.8 Å². The van der Waals surface area contributed by atoms with E-state index in [0.29, 0.717) is 22.4 Å². The summed E-state index contributed by atoms with van der Waals surface area (Å²) in [5, 5.41) is 22.8. The summed E-state index contributed by atoms with van der Waals surface area (Å²) >= 11 is 1.17. The molecule has 1 N–H and O–H groups in total. The minimum Gasteiger partial charge on any atom is -0.507 e. The average Bonchev–Trinajstić information content (AvgIpc) is 3.41. The normalized spacial score (nSPS) is 17.2. The molecule has 1 aromatic heterocycles. The Bertz CT molecular complexity index is 1530. The quantitative estimate of drug-likeness (QED) is 0.140. The molecule has 174 valence electrons. The van der Waals surface area contributed by atoms with E-state index in [0.717, 1.165) is 4.70 Å². The topological polar surface area (TPSA) is 123 Å². The number of aliphatic hydroxyl groups is 1. The Labute approximate surface area is 202 Å². The Balaban J connectivity index is 1.74. The molecule has 4 aromatic rings. The first kappa shape index (κ1) is 22.2. The van der Waals surface area contributed by atoms with Gasteiger partial charge < -0.3 is 9.84 Å². The van der Waals surface area contributed by atoms with Crippen molar-refractivity contribution < 1.29 is 24.4 Å². The van der Waals surface area contributed by atoms with Crippen molar-refractivity contribution >= 4 is 49.8 Å². The first-order valence-electron chi connectivity index (χ1n) is 10.4. The Kier molecular flexibility index (Phi) is 5.50. The number of thiazole rings is 1. The molecule has 0 aliphatic carbocycles. The second-order valence-electron chi connectivity index (χ2n) is 7.72. The zero-order chi connectivity index (χ0) is 24.7. The summed E-state index contributed by atoms with van der Waals surface area (Å²) in [6.07, 6.45) is 0. The Morgan fingerprint density at radius 3 is 2.57 bits per heavy atom. The van der Waals surface area contributed by atoms with Crippen LogP contribution < -0.4 is 9.64 Å². The van der Waals surface area contributed by atoms with Crippen LogP contribution in [-0.4, -0.2) is 33.8 Å². The van der Waals surface area contributed by atoms with Crippen LogP contribution in [0.1, 0.15) is 17.2 Å². The number of methoxy groups -OCH3 is 1. The van der Waals surface area contributed by atoms with Gasteiger partial charge in [-0.3, -0.25) is 24.6 Å². The van der Waals surface area contributed by atoms with Crippen LogP contribution in [0.15, 0.2) is 78.4 Å². The number of benzene rings is 3. The zero-order valence-electron chi connectivity index (χ0n) is 18.2. The molecule has 1 fully saturated rings. The van der Waals surface area contributed by atoms with Gasteiger partial charge in [0.25, 0.3) is 11.5 Å². The second-order valence-corrected chi connectivity index (χ2v) is 8.73. The summed E-state index contributed by atoms with van der Waals surface area (Å²) < 4.78 is 5.98. The number of Topliss-reactive ketones (excluding diaryl/α,β-unsaturated/α-hetero) is 1. The van der Waals surface area contributed by atoms with Crippen molar-refractivity contribution in [2.45, 2.75) is 6.04 Å². The van der Waals surface area contributed by atoms with Crippen LogP contribution >= 0.6 is 11.3 Å². The van der Waals surface area contributed by atoms with Gasteiger partial charge in [-0.2, -0.15) is 0 Å². The number of rotatable bonds is 5. The molecule has 1 atom stereocenters.